The Kier molecular flexibility index (Phi) is 2.74. The summed E-state index contributed by atoms with van der Waals surface area (Å²) >= 11 is 2.20. The Balaban J connectivity index is 1.82. The van der Waals surface area contributed by atoms with Crippen LogP contribution >= 0.6 is 11.8 Å². The van der Waals surface area contributed by atoms with Gasteiger partial charge in [0.1, 0.15) is 0 Å². The van der Waals surface area contributed by atoms with Gasteiger partial charge in [0.2, 0.25) is 0 Å². The second-order valence-corrected chi connectivity index (χ2v) is 6.05. The Bertz CT molecular complexity index is 319. The van der Waals surface area contributed by atoms with Crippen molar-refractivity contribution >= 4 is 11.8 Å². The van der Waals surface area contributed by atoms with Crippen LogP contribution in [-0.2, 0) is 0 Å². The number of rotatable bonds is 1. The molecule has 0 amide bonds. The van der Waals surface area contributed by atoms with Crippen molar-refractivity contribution < 1.29 is 0 Å². The van der Waals surface area contributed by atoms with Crippen molar-refractivity contribution in [3.05, 3.63) is 35.9 Å². The van der Waals surface area contributed by atoms with Crippen molar-refractivity contribution in [3.63, 3.8) is 0 Å². The average Bonchev–Trinajstić information content (AvgIpc) is 2.74. The van der Waals surface area contributed by atoms with Crippen molar-refractivity contribution in [1.82, 2.24) is 0 Å². The van der Waals surface area contributed by atoms with Gasteiger partial charge in [0, 0.05) is 5.25 Å². The van der Waals surface area contributed by atoms with Gasteiger partial charge in [-0.2, -0.15) is 11.8 Å². The van der Waals surface area contributed by atoms with Gasteiger partial charge in [0.05, 0.1) is 0 Å². The molecule has 0 radical (unpaired) electrons. The second kappa shape index (κ2) is 4.21. The van der Waals surface area contributed by atoms with E-state index >= 15 is 0 Å². The highest BCUT2D eigenvalue weighted by atomic mass is 32.2. The highest BCUT2D eigenvalue weighted by molar-refractivity contribution is 7.99. The van der Waals surface area contributed by atoms with E-state index in [1.807, 2.05) is 0 Å². The first-order chi connectivity index (χ1) is 7.45. The fourth-order valence-corrected chi connectivity index (χ4v) is 5.00. The molecule has 0 unspecified atom stereocenters. The largest absolute Gasteiger partial charge is 0.153 e. The monoisotopic (exact) mass is 218 g/mol. The molecular formula is C14H18S. The maximum absolute atomic E-state index is 2.31. The summed E-state index contributed by atoms with van der Waals surface area (Å²) in [5.41, 5.74) is 1.57. The van der Waals surface area contributed by atoms with Crippen molar-refractivity contribution in [2.45, 2.75) is 30.9 Å². The Morgan fingerprint density at radius 1 is 1.00 bits per heavy atom. The van der Waals surface area contributed by atoms with Crippen molar-refractivity contribution in [1.29, 1.82) is 0 Å². The fraction of sp³-hybridized carbons (Fsp3) is 0.571. The predicted molar refractivity (Wildman–Crippen MR) is 67.1 cm³/mol. The number of benzene rings is 1. The Morgan fingerprint density at radius 3 is 2.67 bits per heavy atom. The van der Waals surface area contributed by atoms with E-state index in [-0.39, 0.29) is 0 Å². The average molecular weight is 218 g/mol. The zero-order valence-corrected chi connectivity index (χ0v) is 9.88. The molecule has 1 saturated heterocycles. The molecule has 1 aromatic rings. The molecule has 1 aliphatic carbocycles. The highest BCUT2D eigenvalue weighted by Crippen LogP contribution is 2.53. The summed E-state index contributed by atoms with van der Waals surface area (Å²) in [6, 6.07) is 11.1. The first-order valence-corrected chi connectivity index (χ1v) is 7.16. The van der Waals surface area contributed by atoms with E-state index in [0.29, 0.717) is 0 Å². The van der Waals surface area contributed by atoms with Gasteiger partial charge in [-0.25, -0.2) is 0 Å². The number of hydrogen-bond acceptors (Lipinski definition) is 1. The van der Waals surface area contributed by atoms with E-state index < -0.39 is 0 Å². The van der Waals surface area contributed by atoms with E-state index in [4.69, 9.17) is 0 Å². The standard InChI is InChI=1S/C14H18S/c1-2-6-11(7-3-1)14-13-9-5-4-8-12(13)10-15-14/h1-3,6-7,12-14H,4-5,8-10H2/t12-,13+,14+/m1/s1. The lowest BCUT2D eigenvalue weighted by atomic mass is 9.77. The topological polar surface area (TPSA) is 0 Å². The van der Waals surface area contributed by atoms with Crippen LogP contribution in [0, 0.1) is 11.8 Å². The van der Waals surface area contributed by atoms with Gasteiger partial charge >= 0.3 is 0 Å². The van der Waals surface area contributed by atoms with Gasteiger partial charge in [-0.1, -0.05) is 43.2 Å². The molecule has 80 valence electrons. The van der Waals surface area contributed by atoms with Crippen LogP contribution in [0.5, 0.6) is 0 Å². The van der Waals surface area contributed by atoms with E-state index in [1.54, 1.807) is 5.56 Å². The second-order valence-electron chi connectivity index (χ2n) is 4.87. The first kappa shape index (κ1) is 9.77. The fourth-order valence-electron chi connectivity index (χ4n) is 3.18. The molecule has 1 aromatic carbocycles. The van der Waals surface area contributed by atoms with E-state index in [2.05, 4.69) is 42.1 Å². The van der Waals surface area contributed by atoms with Crippen LogP contribution < -0.4 is 0 Å². The Morgan fingerprint density at radius 2 is 1.80 bits per heavy atom. The molecule has 15 heavy (non-hydrogen) atoms. The van der Waals surface area contributed by atoms with Crippen LogP contribution in [0.2, 0.25) is 0 Å². The molecule has 3 atom stereocenters. The molecule has 1 heterocycles. The molecule has 1 aliphatic heterocycles. The zero-order chi connectivity index (χ0) is 10.1. The Labute approximate surface area is 96.5 Å². The van der Waals surface area contributed by atoms with Crippen LogP contribution in [0.1, 0.15) is 36.5 Å². The SMILES string of the molecule is c1ccc([C@@H]2SC[C@H]3CCCC[C@@H]32)cc1. The number of thioether (sulfide) groups is 1. The summed E-state index contributed by atoms with van der Waals surface area (Å²) in [7, 11) is 0. The third-order valence-electron chi connectivity index (χ3n) is 3.97. The van der Waals surface area contributed by atoms with Crippen molar-refractivity contribution in [3.8, 4) is 0 Å². The van der Waals surface area contributed by atoms with E-state index in [0.717, 1.165) is 17.1 Å². The molecule has 2 fully saturated rings. The number of hydrogen-bond donors (Lipinski definition) is 0. The summed E-state index contributed by atoms with van der Waals surface area (Å²) in [5, 5.41) is 0.802. The normalized spacial score (nSPS) is 35.1. The molecule has 0 N–H and O–H groups in total. The van der Waals surface area contributed by atoms with E-state index in [9.17, 15) is 0 Å². The molecule has 1 saturated carbocycles. The summed E-state index contributed by atoms with van der Waals surface area (Å²) in [5.74, 6) is 3.41. The molecule has 2 aliphatic rings. The first-order valence-electron chi connectivity index (χ1n) is 6.12. The molecule has 0 bridgehead atoms. The van der Waals surface area contributed by atoms with Gasteiger partial charge in [-0.05, 0) is 36.0 Å². The smallest absolute Gasteiger partial charge is 0.0328 e. The lowest BCUT2D eigenvalue weighted by Crippen LogP contribution is -2.18. The van der Waals surface area contributed by atoms with E-state index in [1.165, 1.54) is 31.4 Å². The maximum Gasteiger partial charge on any atom is 0.0328 e. The van der Waals surface area contributed by atoms with Gasteiger partial charge in [-0.15, -0.1) is 0 Å². The lowest BCUT2D eigenvalue weighted by Gasteiger charge is -2.28. The molecule has 3 rings (SSSR count). The van der Waals surface area contributed by atoms with Gasteiger partial charge in [0.15, 0.2) is 0 Å². The highest BCUT2D eigenvalue weighted by Gasteiger charge is 2.38. The minimum absolute atomic E-state index is 0.802. The maximum atomic E-state index is 2.31. The summed E-state index contributed by atoms with van der Waals surface area (Å²) in [6.07, 6.45) is 5.90. The summed E-state index contributed by atoms with van der Waals surface area (Å²) in [4.78, 5) is 0. The predicted octanol–water partition coefficient (Wildman–Crippen LogP) is 4.28. The van der Waals surface area contributed by atoms with Crippen LogP contribution in [0.25, 0.3) is 0 Å². The van der Waals surface area contributed by atoms with Crippen LogP contribution in [0.3, 0.4) is 0 Å². The third kappa shape index (κ3) is 1.82. The van der Waals surface area contributed by atoms with Gasteiger partial charge in [-0.3, -0.25) is 0 Å². The summed E-state index contributed by atoms with van der Waals surface area (Å²) in [6.45, 7) is 0. The third-order valence-corrected chi connectivity index (χ3v) is 5.58. The minimum Gasteiger partial charge on any atom is -0.153 e. The van der Waals surface area contributed by atoms with Crippen LogP contribution in [0.15, 0.2) is 30.3 Å². The Hall–Kier alpha value is -0.430. The van der Waals surface area contributed by atoms with Crippen LogP contribution in [0.4, 0.5) is 0 Å². The molecule has 1 heteroatoms. The zero-order valence-electron chi connectivity index (χ0n) is 9.06. The van der Waals surface area contributed by atoms with Crippen LogP contribution in [-0.4, -0.2) is 5.75 Å². The van der Waals surface area contributed by atoms with Crippen molar-refractivity contribution in [2.75, 3.05) is 5.75 Å². The lowest BCUT2D eigenvalue weighted by molar-refractivity contribution is 0.271. The molecule has 0 nitrogen and oxygen atoms in total. The van der Waals surface area contributed by atoms with Gasteiger partial charge < -0.3 is 0 Å². The molecular weight excluding hydrogens is 200 g/mol. The number of fused-ring (bicyclic) bond motifs is 1. The molecule has 0 aromatic heterocycles. The van der Waals surface area contributed by atoms with Crippen molar-refractivity contribution in [2.24, 2.45) is 11.8 Å². The quantitative estimate of drug-likeness (QED) is 0.678. The molecule has 0 spiro atoms. The minimum atomic E-state index is 0.802. The summed E-state index contributed by atoms with van der Waals surface area (Å²) < 4.78 is 0. The van der Waals surface area contributed by atoms with Gasteiger partial charge in [0.25, 0.3) is 0 Å².